The zero-order valence-electron chi connectivity index (χ0n) is 13.0. The van der Waals surface area contributed by atoms with Gasteiger partial charge >= 0.3 is 5.69 Å². The maximum Gasteiger partial charge on any atom is 0.325 e. The minimum Gasteiger partial charge on any atom is -0.416 e. The molecular formula is C16H16N4O3S. The SMILES string of the molecule is Cc1[nH]c(=O)[nH]c(=O)c1CCc1nnc(SCc2ccccc2)o1. The summed E-state index contributed by atoms with van der Waals surface area (Å²) in [5.41, 5.74) is 1.37. The second-order valence-electron chi connectivity index (χ2n) is 5.25. The van der Waals surface area contributed by atoms with Gasteiger partial charge in [-0.05, 0) is 18.9 Å². The van der Waals surface area contributed by atoms with E-state index in [9.17, 15) is 9.59 Å². The third-order valence-corrected chi connectivity index (χ3v) is 4.39. The first-order valence-electron chi connectivity index (χ1n) is 7.43. The second-order valence-corrected chi connectivity index (χ2v) is 6.17. The highest BCUT2D eigenvalue weighted by Gasteiger charge is 2.11. The van der Waals surface area contributed by atoms with Gasteiger partial charge in [0.2, 0.25) is 5.89 Å². The lowest BCUT2D eigenvalue weighted by Gasteiger charge is -2.01. The average molecular weight is 344 g/mol. The van der Waals surface area contributed by atoms with E-state index >= 15 is 0 Å². The van der Waals surface area contributed by atoms with Crippen LogP contribution in [0.15, 0.2) is 49.6 Å². The fraction of sp³-hybridized carbons (Fsp3) is 0.250. The predicted molar refractivity (Wildman–Crippen MR) is 90.1 cm³/mol. The summed E-state index contributed by atoms with van der Waals surface area (Å²) in [5, 5.41) is 8.50. The quantitative estimate of drug-likeness (QED) is 0.661. The van der Waals surface area contributed by atoms with Crippen LogP contribution in [0.25, 0.3) is 0 Å². The molecule has 0 spiro atoms. The summed E-state index contributed by atoms with van der Waals surface area (Å²) in [5.74, 6) is 1.22. The van der Waals surface area contributed by atoms with Crippen LogP contribution in [-0.2, 0) is 18.6 Å². The van der Waals surface area contributed by atoms with Gasteiger partial charge in [-0.2, -0.15) is 0 Å². The molecule has 1 aromatic carbocycles. The molecule has 0 saturated heterocycles. The minimum absolute atomic E-state index is 0.380. The number of rotatable bonds is 6. The largest absolute Gasteiger partial charge is 0.416 e. The van der Waals surface area contributed by atoms with Crippen molar-refractivity contribution in [2.45, 2.75) is 30.7 Å². The van der Waals surface area contributed by atoms with Crippen molar-refractivity contribution in [1.82, 2.24) is 20.2 Å². The first-order chi connectivity index (χ1) is 11.6. The lowest BCUT2D eigenvalue weighted by Crippen LogP contribution is -2.27. The summed E-state index contributed by atoms with van der Waals surface area (Å²) in [7, 11) is 0. The van der Waals surface area contributed by atoms with Gasteiger partial charge in [-0.15, -0.1) is 10.2 Å². The molecule has 0 fully saturated rings. The number of nitrogens with one attached hydrogen (secondary N) is 2. The average Bonchev–Trinajstić information content (AvgIpc) is 3.01. The van der Waals surface area contributed by atoms with Gasteiger partial charge < -0.3 is 9.40 Å². The highest BCUT2D eigenvalue weighted by molar-refractivity contribution is 7.98. The van der Waals surface area contributed by atoms with Crippen molar-refractivity contribution in [2.75, 3.05) is 0 Å². The van der Waals surface area contributed by atoms with Gasteiger partial charge in [0.1, 0.15) is 0 Å². The van der Waals surface area contributed by atoms with Gasteiger partial charge in [0.25, 0.3) is 10.8 Å². The Morgan fingerprint density at radius 3 is 2.62 bits per heavy atom. The molecular weight excluding hydrogens is 328 g/mol. The Morgan fingerprint density at radius 1 is 1.08 bits per heavy atom. The molecule has 0 atom stereocenters. The smallest absolute Gasteiger partial charge is 0.325 e. The molecule has 3 aromatic rings. The first-order valence-corrected chi connectivity index (χ1v) is 8.41. The third kappa shape index (κ3) is 4.02. The van der Waals surface area contributed by atoms with Crippen molar-refractivity contribution in [1.29, 1.82) is 0 Å². The number of aromatic amines is 2. The van der Waals surface area contributed by atoms with Crippen molar-refractivity contribution in [3.63, 3.8) is 0 Å². The fourth-order valence-corrected chi connectivity index (χ4v) is 3.01. The van der Waals surface area contributed by atoms with Crippen LogP contribution in [0.3, 0.4) is 0 Å². The Morgan fingerprint density at radius 2 is 1.88 bits per heavy atom. The molecule has 0 radical (unpaired) electrons. The number of hydrogen-bond donors (Lipinski definition) is 2. The van der Waals surface area contributed by atoms with Crippen LogP contribution in [0.4, 0.5) is 0 Å². The van der Waals surface area contributed by atoms with Gasteiger partial charge in [0.15, 0.2) is 0 Å². The molecule has 3 rings (SSSR count). The van der Waals surface area contributed by atoms with Gasteiger partial charge in [-0.1, -0.05) is 42.1 Å². The summed E-state index contributed by atoms with van der Waals surface area (Å²) in [6.45, 7) is 1.70. The monoisotopic (exact) mass is 344 g/mol. The maximum atomic E-state index is 11.8. The van der Waals surface area contributed by atoms with Crippen molar-refractivity contribution in [3.05, 3.63) is 73.9 Å². The van der Waals surface area contributed by atoms with E-state index in [-0.39, 0.29) is 5.56 Å². The fourth-order valence-electron chi connectivity index (χ4n) is 2.28. The molecule has 0 unspecified atom stereocenters. The molecule has 24 heavy (non-hydrogen) atoms. The van der Waals surface area contributed by atoms with Gasteiger partial charge in [0, 0.05) is 23.4 Å². The standard InChI is InChI=1S/C16H16N4O3S/c1-10-12(14(21)18-15(22)17-10)7-8-13-19-20-16(23-13)24-9-11-5-3-2-4-6-11/h2-6H,7-9H2,1H3,(H2,17,18,21,22). The molecule has 0 aliphatic heterocycles. The van der Waals surface area contributed by atoms with Crippen LogP contribution >= 0.6 is 11.8 Å². The van der Waals surface area contributed by atoms with Crippen LogP contribution in [0, 0.1) is 6.92 Å². The number of aromatic nitrogens is 4. The predicted octanol–water partition coefficient (Wildman–Crippen LogP) is 1.83. The molecule has 7 nitrogen and oxygen atoms in total. The van der Waals surface area contributed by atoms with E-state index < -0.39 is 5.69 Å². The molecule has 0 bridgehead atoms. The van der Waals surface area contributed by atoms with Crippen LogP contribution < -0.4 is 11.2 Å². The maximum absolute atomic E-state index is 11.8. The van der Waals surface area contributed by atoms with Gasteiger partial charge in [-0.3, -0.25) is 9.78 Å². The molecule has 124 valence electrons. The van der Waals surface area contributed by atoms with Crippen molar-refractivity contribution >= 4 is 11.8 Å². The van der Waals surface area contributed by atoms with E-state index in [1.54, 1.807) is 6.92 Å². The Hall–Kier alpha value is -2.61. The number of aryl methyl sites for hydroxylation is 2. The van der Waals surface area contributed by atoms with E-state index in [2.05, 4.69) is 20.2 Å². The topological polar surface area (TPSA) is 105 Å². The van der Waals surface area contributed by atoms with E-state index in [0.717, 1.165) is 5.75 Å². The van der Waals surface area contributed by atoms with Crippen molar-refractivity contribution < 1.29 is 4.42 Å². The Balaban J connectivity index is 1.60. The van der Waals surface area contributed by atoms with Gasteiger partial charge in [0.05, 0.1) is 0 Å². The minimum atomic E-state index is -0.501. The zero-order valence-corrected chi connectivity index (χ0v) is 13.9. The Bertz CT molecular complexity index is 930. The summed E-state index contributed by atoms with van der Waals surface area (Å²) >= 11 is 1.47. The number of hydrogen-bond acceptors (Lipinski definition) is 6. The lowest BCUT2D eigenvalue weighted by atomic mass is 10.1. The molecule has 0 aliphatic rings. The normalized spacial score (nSPS) is 10.9. The van der Waals surface area contributed by atoms with E-state index in [0.29, 0.717) is 35.2 Å². The summed E-state index contributed by atoms with van der Waals surface area (Å²) in [6, 6.07) is 10.0. The van der Waals surface area contributed by atoms with E-state index in [4.69, 9.17) is 4.42 Å². The van der Waals surface area contributed by atoms with Gasteiger partial charge in [-0.25, -0.2) is 4.79 Å². The highest BCUT2D eigenvalue weighted by atomic mass is 32.2. The van der Waals surface area contributed by atoms with Crippen molar-refractivity contribution in [2.24, 2.45) is 0 Å². The summed E-state index contributed by atoms with van der Waals surface area (Å²) in [6.07, 6.45) is 0.859. The number of thioether (sulfide) groups is 1. The Labute approximate surface area is 141 Å². The first kappa shape index (κ1) is 16.3. The molecule has 0 aliphatic carbocycles. The number of H-pyrrole nitrogens is 2. The highest BCUT2D eigenvalue weighted by Crippen LogP contribution is 2.21. The summed E-state index contributed by atoms with van der Waals surface area (Å²) in [4.78, 5) is 27.8. The molecule has 2 aromatic heterocycles. The lowest BCUT2D eigenvalue weighted by molar-refractivity contribution is 0.412. The van der Waals surface area contributed by atoms with Crippen LogP contribution in [0.1, 0.15) is 22.7 Å². The second kappa shape index (κ2) is 7.31. The molecule has 2 heterocycles. The molecule has 0 saturated carbocycles. The van der Waals surface area contributed by atoms with E-state index in [1.807, 2.05) is 30.3 Å². The zero-order chi connectivity index (χ0) is 16.9. The van der Waals surface area contributed by atoms with Crippen LogP contribution in [-0.4, -0.2) is 20.2 Å². The number of nitrogens with zero attached hydrogens (tertiary/aromatic N) is 2. The van der Waals surface area contributed by atoms with Crippen LogP contribution in [0.5, 0.6) is 0 Å². The molecule has 8 heteroatoms. The third-order valence-electron chi connectivity index (χ3n) is 3.50. The van der Waals surface area contributed by atoms with Crippen molar-refractivity contribution in [3.8, 4) is 0 Å². The Kier molecular flexibility index (Phi) is 4.95. The number of benzene rings is 1. The summed E-state index contributed by atoms with van der Waals surface area (Å²) < 4.78 is 5.59. The molecule has 2 N–H and O–H groups in total. The van der Waals surface area contributed by atoms with E-state index in [1.165, 1.54) is 17.3 Å². The van der Waals surface area contributed by atoms with Crippen LogP contribution in [0.2, 0.25) is 0 Å². The molecule has 0 amide bonds.